The van der Waals surface area contributed by atoms with Crippen molar-refractivity contribution < 1.29 is 9.53 Å². The number of carbonyl (C=O) groups excluding carboxylic acids is 1. The molecule has 0 fully saturated rings. The second-order valence-corrected chi connectivity index (χ2v) is 3.10. The molecular formula is C12H13N3O2. The first-order valence-electron chi connectivity index (χ1n) is 5.02. The summed E-state index contributed by atoms with van der Waals surface area (Å²) in [6.45, 7) is 3.87. The summed E-state index contributed by atoms with van der Waals surface area (Å²) in [7, 11) is 0. The fourth-order valence-electron chi connectivity index (χ4n) is 1.12. The standard InChI is InChI=1S/C12H13N3O2/c1-2-7-14-12(16)15-10-4-3-5-11(9-10)17-8-6-13/h2-5,9H,1,7-8H2,(H2,14,15,16). The summed E-state index contributed by atoms with van der Waals surface area (Å²) in [6.07, 6.45) is 1.59. The Morgan fingerprint density at radius 2 is 2.41 bits per heavy atom. The lowest BCUT2D eigenvalue weighted by Crippen LogP contribution is -2.28. The van der Waals surface area contributed by atoms with Crippen molar-refractivity contribution in [1.82, 2.24) is 5.32 Å². The molecule has 0 atom stereocenters. The summed E-state index contributed by atoms with van der Waals surface area (Å²) < 4.78 is 5.11. The van der Waals surface area contributed by atoms with Gasteiger partial charge < -0.3 is 15.4 Å². The number of nitriles is 1. The number of ether oxygens (including phenoxy) is 1. The van der Waals surface area contributed by atoms with Crippen LogP contribution in [0.3, 0.4) is 0 Å². The van der Waals surface area contributed by atoms with E-state index in [0.717, 1.165) is 0 Å². The minimum Gasteiger partial charge on any atom is -0.479 e. The molecule has 0 radical (unpaired) electrons. The Balaban J connectivity index is 2.56. The van der Waals surface area contributed by atoms with Gasteiger partial charge >= 0.3 is 6.03 Å². The molecule has 0 aliphatic rings. The molecule has 5 nitrogen and oxygen atoms in total. The van der Waals surface area contributed by atoms with E-state index in [-0.39, 0.29) is 12.6 Å². The summed E-state index contributed by atoms with van der Waals surface area (Å²) in [4.78, 5) is 11.3. The van der Waals surface area contributed by atoms with Crippen LogP contribution in [0.4, 0.5) is 10.5 Å². The highest BCUT2D eigenvalue weighted by molar-refractivity contribution is 5.89. The minimum absolute atomic E-state index is 0.0217. The average molecular weight is 231 g/mol. The molecule has 5 heteroatoms. The van der Waals surface area contributed by atoms with E-state index in [1.165, 1.54) is 0 Å². The van der Waals surface area contributed by atoms with Crippen LogP contribution >= 0.6 is 0 Å². The number of benzene rings is 1. The van der Waals surface area contributed by atoms with Crippen LogP contribution < -0.4 is 15.4 Å². The Morgan fingerprint density at radius 1 is 1.59 bits per heavy atom. The first-order chi connectivity index (χ1) is 8.26. The third kappa shape index (κ3) is 4.71. The molecule has 0 bridgehead atoms. The van der Waals surface area contributed by atoms with Crippen molar-refractivity contribution in [2.75, 3.05) is 18.5 Å². The predicted octanol–water partition coefficient (Wildman–Crippen LogP) is 1.90. The van der Waals surface area contributed by atoms with E-state index >= 15 is 0 Å². The second kappa shape index (κ2) is 6.90. The molecule has 88 valence electrons. The van der Waals surface area contributed by atoms with Crippen LogP contribution in [0.25, 0.3) is 0 Å². The second-order valence-electron chi connectivity index (χ2n) is 3.10. The molecule has 1 aromatic rings. The van der Waals surface area contributed by atoms with Gasteiger partial charge in [0.05, 0.1) is 0 Å². The predicted molar refractivity (Wildman–Crippen MR) is 64.8 cm³/mol. The lowest BCUT2D eigenvalue weighted by Gasteiger charge is -2.07. The summed E-state index contributed by atoms with van der Waals surface area (Å²) in [6, 6.07) is 8.37. The molecule has 0 saturated heterocycles. The van der Waals surface area contributed by atoms with Crippen LogP contribution in [0.1, 0.15) is 0 Å². The summed E-state index contributed by atoms with van der Waals surface area (Å²) in [5.41, 5.74) is 0.599. The minimum atomic E-state index is -0.317. The van der Waals surface area contributed by atoms with Crippen LogP contribution in [-0.2, 0) is 0 Å². The zero-order valence-corrected chi connectivity index (χ0v) is 9.27. The molecule has 17 heavy (non-hydrogen) atoms. The fourth-order valence-corrected chi connectivity index (χ4v) is 1.12. The Labute approximate surface area is 99.7 Å². The molecule has 0 aromatic heterocycles. The van der Waals surface area contributed by atoms with Gasteiger partial charge in [-0.1, -0.05) is 12.1 Å². The van der Waals surface area contributed by atoms with Crippen molar-refractivity contribution in [2.24, 2.45) is 0 Å². The normalized spacial score (nSPS) is 8.88. The molecule has 0 aliphatic carbocycles. The first kappa shape index (κ1) is 12.6. The van der Waals surface area contributed by atoms with Crippen LogP contribution in [0, 0.1) is 11.3 Å². The highest BCUT2D eigenvalue weighted by Gasteiger charge is 2.01. The maximum Gasteiger partial charge on any atom is 0.319 e. The topological polar surface area (TPSA) is 74.2 Å². The van der Waals surface area contributed by atoms with Gasteiger partial charge in [-0.3, -0.25) is 0 Å². The van der Waals surface area contributed by atoms with Gasteiger partial charge in [0.2, 0.25) is 0 Å². The fraction of sp³-hybridized carbons (Fsp3) is 0.167. The van der Waals surface area contributed by atoms with E-state index in [0.29, 0.717) is 18.0 Å². The molecule has 1 rings (SSSR count). The third-order valence-corrected chi connectivity index (χ3v) is 1.80. The van der Waals surface area contributed by atoms with Gasteiger partial charge in [0.25, 0.3) is 0 Å². The third-order valence-electron chi connectivity index (χ3n) is 1.80. The molecule has 0 spiro atoms. The smallest absolute Gasteiger partial charge is 0.319 e. The zero-order valence-electron chi connectivity index (χ0n) is 9.27. The Kier molecular flexibility index (Phi) is 5.11. The quantitative estimate of drug-likeness (QED) is 0.760. The molecule has 0 heterocycles. The van der Waals surface area contributed by atoms with E-state index in [4.69, 9.17) is 10.00 Å². The summed E-state index contributed by atoms with van der Waals surface area (Å²) in [5.74, 6) is 0.535. The van der Waals surface area contributed by atoms with Crippen molar-refractivity contribution >= 4 is 11.7 Å². The number of nitrogens with zero attached hydrogens (tertiary/aromatic N) is 1. The van der Waals surface area contributed by atoms with E-state index in [1.807, 2.05) is 6.07 Å². The van der Waals surface area contributed by atoms with Crippen molar-refractivity contribution in [3.63, 3.8) is 0 Å². The maximum absolute atomic E-state index is 11.3. The number of anilines is 1. The SMILES string of the molecule is C=CCNC(=O)Nc1cccc(OCC#N)c1. The van der Waals surface area contributed by atoms with Gasteiger partial charge in [-0.25, -0.2) is 4.79 Å². The number of hydrogen-bond donors (Lipinski definition) is 2. The number of carbonyl (C=O) groups is 1. The molecule has 2 amide bonds. The molecule has 1 aromatic carbocycles. The molecule has 0 aliphatic heterocycles. The number of rotatable bonds is 5. The first-order valence-corrected chi connectivity index (χ1v) is 5.02. The van der Waals surface area contributed by atoms with Gasteiger partial charge in [0.1, 0.15) is 11.8 Å². The van der Waals surface area contributed by atoms with Gasteiger partial charge in [-0.05, 0) is 12.1 Å². The van der Waals surface area contributed by atoms with Gasteiger partial charge in [0, 0.05) is 18.3 Å². The van der Waals surface area contributed by atoms with Gasteiger partial charge in [-0.15, -0.1) is 6.58 Å². The van der Waals surface area contributed by atoms with Crippen LogP contribution in [0.2, 0.25) is 0 Å². The molecular weight excluding hydrogens is 218 g/mol. The van der Waals surface area contributed by atoms with Crippen LogP contribution in [-0.4, -0.2) is 19.2 Å². The number of urea groups is 1. The molecule has 0 unspecified atom stereocenters. The Bertz CT molecular complexity index is 438. The Hall–Kier alpha value is -2.48. The van der Waals surface area contributed by atoms with E-state index < -0.39 is 0 Å². The highest BCUT2D eigenvalue weighted by Crippen LogP contribution is 2.16. The Morgan fingerprint density at radius 3 is 3.12 bits per heavy atom. The zero-order chi connectivity index (χ0) is 12.5. The molecule has 2 N–H and O–H groups in total. The van der Waals surface area contributed by atoms with E-state index in [2.05, 4.69) is 17.2 Å². The van der Waals surface area contributed by atoms with Crippen molar-refractivity contribution in [2.45, 2.75) is 0 Å². The summed E-state index contributed by atoms with van der Waals surface area (Å²) >= 11 is 0. The van der Waals surface area contributed by atoms with Gasteiger partial charge in [0.15, 0.2) is 6.61 Å². The van der Waals surface area contributed by atoms with Crippen LogP contribution in [0.5, 0.6) is 5.75 Å². The van der Waals surface area contributed by atoms with Crippen molar-refractivity contribution in [3.8, 4) is 11.8 Å². The lowest BCUT2D eigenvalue weighted by atomic mass is 10.3. The van der Waals surface area contributed by atoms with E-state index in [9.17, 15) is 4.79 Å². The van der Waals surface area contributed by atoms with Gasteiger partial charge in [-0.2, -0.15) is 5.26 Å². The number of nitrogens with one attached hydrogen (secondary N) is 2. The van der Waals surface area contributed by atoms with Crippen molar-refractivity contribution in [1.29, 1.82) is 5.26 Å². The molecule has 0 saturated carbocycles. The van der Waals surface area contributed by atoms with Crippen molar-refractivity contribution in [3.05, 3.63) is 36.9 Å². The number of amides is 2. The lowest BCUT2D eigenvalue weighted by molar-refractivity contribution is 0.253. The monoisotopic (exact) mass is 231 g/mol. The summed E-state index contributed by atoms with van der Waals surface area (Å²) in [5, 5.41) is 13.6. The van der Waals surface area contributed by atoms with E-state index in [1.54, 1.807) is 30.3 Å². The number of hydrogen-bond acceptors (Lipinski definition) is 3. The average Bonchev–Trinajstić information content (AvgIpc) is 2.34. The maximum atomic E-state index is 11.3. The largest absolute Gasteiger partial charge is 0.479 e. The highest BCUT2D eigenvalue weighted by atomic mass is 16.5. The van der Waals surface area contributed by atoms with Crippen LogP contribution in [0.15, 0.2) is 36.9 Å².